The molecular formula is C33H34FN3O3. The standard InChI is InChI=1S/C33H34FN3O3/c1-4-20-5-10-25-27(15-20)37(31(22-11-13-38-14-12-22)21-6-8-24(34)9-7-21)28-17-23(29-18(2)36-40-19(29)3)16-26(30(25)28)32-33(35)39-32/h5-10,15-17,22,31-33H,4,11-14,35H2,1-3H3. The zero-order valence-corrected chi connectivity index (χ0v) is 23.1. The number of hydrogen-bond donors (Lipinski definition) is 1. The fourth-order valence-corrected chi connectivity index (χ4v) is 6.73. The van der Waals surface area contributed by atoms with Gasteiger partial charge in [0.2, 0.25) is 0 Å². The fourth-order valence-electron chi connectivity index (χ4n) is 6.73. The molecule has 2 aliphatic heterocycles. The Balaban J connectivity index is 1.59. The number of ether oxygens (including phenoxy) is 2. The van der Waals surface area contributed by atoms with E-state index >= 15 is 0 Å². The van der Waals surface area contributed by atoms with Crippen LogP contribution in [0.2, 0.25) is 0 Å². The van der Waals surface area contributed by atoms with Crippen LogP contribution in [-0.4, -0.2) is 29.2 Å². The molecular weight excluding hydrogens is 505 g/mol. The predicted molar refractivity (Wildman–Crippen MR) is 154 cm³/mol. The zero-order valence-electron chi connectivity index (χ0n) is 23.1. The van der Waals surface area contributed by atoms with Crippen molar-refractivity contribution in [1.29, 1.82) is 0 Å². The van der Waals surface area contributed by atoms with Gasteiger partial charge in [-0.3, -0.25) is 0 Å². The number of benzene rings is 3. The van der Waals surface area contributed by atoms with Gasteiger partial charge in [-0.05, 0) is 91.6 Å². The van der Waals surface area contributed by atoms with Crippen molar-refractivity contribution in [1.82, 2.24) is 9.72 Å². The number of fused-ring (bicyclic) bond motifs is 3. The summed E-state index contributed by atoms with van der Waals surface area (Å²) < 4.78 is 33.9. The molecule has 7 rings (SSSR count). The van der Waals surface area contributed by atoms with E-state index in [2.05, 4.69) is 47.0 Å². The molecule has 2 fully saturated rings. The largest absolute Gasteiger partial charge is 0.381 e. The molecule has 6 nitrogen and oxygen atoms in total. The molecule has 3 aromatic carbocycles. The summed E-state index contributed by atoms with van der Waals surface area (Å²) in [5.74, 6) is 0.876. The smallest absolute Gasteiger partial charge is 0.141 e. The highest BCUT2D eigenvalue weighted by Gasteiger charge is 2.40. The molecule has 5 aromatic rings. The maximum atomic E-state index is 14.1. The second-order valence-electron chi connectivity index (χ2n) is 11.2. The SMILES string of the molecule is CCc1ccc2c3c(C4OC4N)cc(-c4c(C)noc4C)cc3n(C(c3ccc(F)cc3)C3CCOCC3)c2c1. The van der Waals surface area contributed by atoms with Gasteiger partial charge in [-0.1, -0.05) is 36.3 Å². The first-order valence-corrected chi connectivity index (χ1v) is 14.2. The topological polar surface area (TPSA) is 78.7 Å². The van der Waals surface area contributed by atoms with Crippen molar-refractivity contribution in [2.75, 3.05) is 13.2 Å². The summed E-state index contributed by atoms with van der Waals surface area (Å²) in [6.07, 6.45) is 2.29. The van der Waals surface area contributed by atoms with Crippen molar-refractivity contribution in [3.8, 4) is 11.1 Å². The Morgan fingerprint density at radius 1 is 1.02 bits per heavy atom. The number of rotatable bonds is 6. The molecule has 3 atom stereocenters. The van der Waals surface area contributed by atoms with Crippen LogP contribution in [0, 0.1) is 25.6 Å². The van der Waals surface area contributed by atoms with Crippen molar-refractivity contribution >= 4 is 21.8 Å². The van der Waals surface area contributed by atoms with Gasteiger partial charge < -0.3 is 24.3 Å². The van der Waals surface area contributed by atoms with E-state index in [4.69, 9.17) is 19.7 Å². The Morgan fingerprint density at radius 3 is 2.42 bits per heavy atom. The van der Waals surface area contributed by atoms with Crippen LogP contribution in [0.3, 0.4) is 0 Å². The molecule has 40 heavy (non-hydrogen) atoms. The van der Waals surface area contributed by atoms with Gasteiger partial charge in [-0.25, -0.2) is 4.39 Å². The second kappa shape index (κ2) is 9.84. The van der Waals surface area contributed by atoms with Gasteiger partial charge in [-0.15, -0.1) is 0 Å². The van der Waals surface area contributed by atoms with E-state index in [1.165, 1.54) is 16.5 Å². The summed E-state index contributed by atoms with van der Waals surface area (Å²) in [6.45, 7) is 7.55. The Hall–Kier alpha value is -3.52. The molecule has 0 bridgehead atoms. The molecule has 0 radical (unpaired) electrons. The van der Waals surface area contributed by atoms with E-state index in [9.17, 15) is 4.39 Å². The lowest BCUT2D eigenvalue weighted by Crippen LogP contribution is -2.27. The van der Waals surface area contributed by atoms with Crippen LogP contribution in [-0.2, 0) is 15.9 Å². The maximum absolute atomic E-state index is 14.1. The molecule has 3 unspecified atom stereocenters. The molecule has 0 amide bonds. The number of epoxide rings is 1. The Bertz CT molecular complexity index is 1700. The van der Waals surface area contributed by atoms with Crippen LogP contribution in [0.15, 0.2) is 59.1 Å². The van der Waals surface area contributed by atoms with Crippen molar-refractivity contribution in [2.24, 2.45) is 11.7 Å². The lowest BCUT2D eigenvalue weighted by molar-refractivity contribution is 0.0552. The number of hydrogen-bond acceptors (Lipinski definition) is 5. The molecule has 0 spiro atoms. The van der Waals surface area contributed by atoms with Gasteiger partial charge in [0.15, 0.2) is 0 Å². The molecule has 4 heterocycles. The van der Waals surface area contributed by atoms with Gasteiger partial charge in [-0.2, -0.15) is 0 Å². The third kappa shape index (κ3) is 4.15. The molecule has 7 heteroatoms. The summed E-state index contributed by atoms with van der Waals surface area (Å²) in [4.78, 5) is 0. The highest BCUT2D eigenvalue weighted by molar-refractivity contribution is 6.11. The second-order valence-corrected chi connectivity index (χ2v) is 11.2. The quantitative estimate of drug-likeness (QED) is 0.232. The van der Waals surface area contributed by atoms with Crippen LogP contribution in [0.4, 0.5) is 4.39 Å². The van der Waals surface area contributed by atoms with Crippen LogP contribution in [0.1, 0.15) is 60.1 Å². The van der Waals surface area contributed by atoms with E-state index in [0.29, 0.717) is 5.92 Å². The highest BCUT2D eigenvalue weighted by Crippen LogP contribution is 2.48. The molecule has 2 N–H and O–H groups in total. The minimum absolute atomic E-state index is 0.00169. The monoisotopic (exact) mass is 539 g/mol. The van der Waals surface area contributed by atoms with Gasteiger partial charge in [0.25, 0.3) is 0 Å². The third-order valence-electron chi connectivity index (χ3n) is 8.76. The predicted octanol–water partition coefficient (Wildman–Crippen LogP) is 7.14. The lowest BCUT2D eigenvalue weighted by Gasteiger charge is -2.33. The molecule has 2 saturated heterocycles. The number of nitrogens with zero attached hydrogens (tertiary/aromatic N) is 2. The Kier molecular flexibility index (Phi) is 6.26. The van der Waals surface area contributed by atoms with Crippen molar-refractivity contribution in [2.45, 2.75) is 58.4 Å². The lowest BCUT2D eigenvalue weighted by atomic mass is 9.86. The summed E-state index contributed by atoms with van der Waals surface area (Å²) in [5.41, 5.74) is 14.9. The molecule has 206 valence electrons. The van der Waals surface area contributed by atoms with Gasteiger partial charge >= 0.3 is 0 Å². The average Bonchev–Trinajstić information content (AvgIpc) is 3.49. The Labute approximate surface area is 232 Å². The minimum atomic E-state index is -0.333. The summed E-state index contributed by atoms with van der Waals surface area (Å²) in [6, 6.07) is 18.3. The van der Waals surface area contributed by atoms with E-state index in [1.54, 1.807) is 12.1 Å². The molecule has 2 aromatic heterocycles. The van der Waals surface area contributed by atoms with Crippen LogP contribution in [0.5, 0.6) is 0 Å². The van der Waals surface area contributed by atoms with E-state index < -0.39 is 0 Å². The average molecular weight is 540 g/mol. The summed E-state index contributed by atoms with van der Waals surface area (Å²) in [5, 5.41) is 6.58. The van der Waals surface area contributed by atoms with E-state index in [1.807, 2.05) is 26.0 Å². The van der Waals surface area contributed by atoms with Crippen molar-refractivity contribution < 1.29 is 18.4 Å². The number of halogens is 1. The normalized spacial score (nSPS) is 20.4. The zero-order chi connectivity index (χ0) is 27.5. The van der Waals surface area contributed by atoms with Crippen LogP contribution in [0.25, 0.3) is 32.9 Å². The number of nitrogens with two attached hydrogens (primary N) is 1. The molecule has 2 aliphatic rings. The van der Waals surface area contributed by atoms with Gasteiger partial charge in [0, 0.05) is 35.1 Å². The first-order valence-electron chi connectivity index (χ1n) is 14.2. The highest BCUT2D eigenvalue weighted by atomic mass is 19.1. The number of aromatic nitrogens is 2. The fraction of sp³-hybridized carbons (Fsp3) is 0.364. The molecule has 0 saturated carbocycles. The Morgan fingerprint density at radius 2 is 1.77 bits per heavy atom. The van der Waals surface area contributed by atoms with Gasteiger partial charge in [0.05, 0.1) is 17.3 Å². The summed E-state index contributed by atoms with van der Waals surface area (Å²) >= 11 is 0. The van der Waals surface area contributed by atoms with Crippen molar-refractivity contribution in [3.63, 3.8) is 0 Å². The number of aryl methyl sites for hydroxylation is 3. The maximum Gasteiger partial charge on any atom is 0.141 e. The first kappa shape index (κ1) is 25.4. The van der Waals surface area contributed by atoms with Gasteiger partial charge in [0.1, 0.15) is 23.9 Å². The third-order valence-corrected chi connectivity index (χ3v) is 8.76. The van der Waals surface area contributed by atoms with E-state index in [-0.39, 0.29) is 24.2 Å². The summed E-state index contributed by atoms with van der Waals surface area (Å²) in [7, 11) is 0. The minimum Gasteiger partial charge on any atom is -0.381 e. The van der Waals surface area contributed by atoms with E-state index in [0.717, 1.165) is 77.1 Å². The van der Waals surface area contributed by atoms with Crippen molar-refractivity contribution in [3.05, 3.63) is 88.6 Å². The first-order chi connectivity index (χ1) is 19.4. The van der Waals surface area contributed by atoms with Crippen LogP contribution < -0.4 is 5.73 Å². The van der Waals surface area contributed by atoms with Crippen LogP contribution >= 0.6 is 0 Å². The molecule has 0 aliphatic carbocycles.